The van der Waals surface area contributed by atoms with Crippen molar-refractivity contribution < 1.29 is 14.9 Å². The second kappa shape index (κ2) is 15.5. The minimum Gasteiger partial charge on any atom is -0.301 e. The standard InChI is InChI=1S/C16H32O3/c1-2-3-4-5-6-7-8-9-10-11-12-13-14-15-16(17)19-18/h18H,2-15H2,1H3. The third-order valence-corrected chi connectivity index (χ3v) is 3.59. The first kappa shape index (κ1) is 18.4. The average molecular weight is 272 g/mol. The van der Waals surface area contributed by atoms with Crippen LogP contribution < -0.4 is 0 Å². The molecule has 0 heterocycles. The van der Waals surface area contributed by atoms with Crippen LogP contribution in [0.5, 0.6) is 0 Å². The zero-order valence-electron chi connectivity index (χ0n) is 12.7. The zero-order valence-corrected chi connectivity index (χ0v) is 12.7. The van der Waals surface area contributed by atoms with E-state index in [1.807, 2.05) is 0 Å². The molecule has 0 unspecified atom stereocenters. The second-order valence-corrected chi connectivity index (χ2v) is 5.46. The number of carbonyl (C=O) groups excluding carboxylic acids is 1. The Morgan fingerprint density at radius 3 is 1.47 bits per heavy atom. The highest BCUT2D eigenvalue weighted by Crippen LogP contribution is 2.12. The van der Waals surface area contributed by atoms with Gasteiger partial charge in [0.05, 0.1) is 0 Å². The van der Waals surface area contributed by atoms with Crippen LogP contribution in [0.4, 0.5) is 0 Å². The fraction of sp³-hybridized carbons (Fsp3) is 0.938. The molecule has 19 heavy (non-hydrogen) atoms. The molecule has 0 aliphatic heterocycles. The largest absolute Gasteiger partial charge is 0.342 e. The van der Waals surface area contributed by atoms with E-state index in [2.05, 4.69) is 11.8 Å². The first-order valence-corrected chi connectivity index (χ1v) is 8.15. The molecule has 0 spiro atoms. The van der Waals surface area contributed by atoms with E-state index in [0.29, 0.717) is 6.42 Å². The molecular formula is C16H32O3. The minimum atomic E-state index is -0.511. The van der Waals surface area contributed by atoms with Gasteiger partial charge in [0, 0.05) is 6.42 Å². The van der Waals surface area contributed by atoms with Crippen LogP contribution in [-0.4, -0.2) is 11.2 Å². The Hall–Kier alpha value is -0.570. The second-order valence-electron chi connectivity index (χ2n) is 5.46. The fourth-order valence-corrected chi connectivity index (χ4v) is 2.33. The molecule has 0 rings (SSSR count). The number of hydrogen-bond acceptors (Lipinski definition) is 3. The summed E-state index contributed by atoms with van der Waals surface area (Å²) < 4.78 is 0. The van der Waals surface area contributed by atoms with Crippen molar-refractivity contribution in [1.29, 1.82) is 0 Å². The van der Waals surface area contributed by atoms with Gasteiger partial charge in [0.2, 0.25) is 0 Å². The maximum atomic E-state index is 10.6. The van der Waals surface area contributed by atoms with Crippen LogP contribution in [0.15, 0.2) is 0 Å². The lowest BCUT2D eigenvalue weighted by Gasteiger charge is -2.02. The molecule has 3 heteroatoms. The zero-order chi connectivity index (χ0) is 14.2. The van der Waals surface area contributed by atoms with Gasteiger partial charge in [0.25, 0.3) is 0 Å². The Kier molecular flexibility index (Phi) is 15.0. The lowest BCUT2D eigenvalue weighted by Crippen LogP contribution is -1.99. The van der Waals surface area contributed by atoms with Crippen molar-refractivity contribution in [3.63, 3.8) is 0 Å². The highest BCUT2D eigenvalue weighted by molar-refractivity contribution is 5.68. The molecule has 0 bridgehead atoms. The molecule has 0 radical (unpaired) electrons. The van der Waals surface area contributed by atoms with E-state index in [0.717, 1.165) is 12.8 Å². The molecule has 0 aromatic carbocycles. The van der Waals surface area contributed by atoms with Gasteiger partial charge in [-0.2, -0.15) is 5.26 Å². The lowest BCUT2D eigenvalue weighted by atomic mass is 10.0. The van der Waals surface area contributed by atoms with Crippen molar-refractivity contribution in [3.8, 4) is 0 Å². The highest BCUT2D eigenvalue weighted by Gasteiger charge is 2.00. The Bertz CT molecular complexity index is 192. The summed E-state index contributed by atoms with van der Waals surface area (Å²) in [6.07, 6.45) is 17.1. The normalized spacial score (nSPS) is 10.6. The third-order valence-electron chi connectivity index (χ3n) is 3.59. The van der Waals surface area contributed by atoms with Crippen LogP contribution in [0.3, 0.4) is 0 Å². The maximum absolute atomic E-state index is 10.6. The van der Waals surface area contributed by atoms with E-state index in [1.54, 1.807) is 0 Å². The lowest BCUT2D eigenvalue weighted by molar-refractivity contribution is -0.234. The van der Waals surface area contributed by atoms with Crippen LogP contribution in [-0.2, 0) is 9.68 Å². The Morgan fingerprint density at radius 1 is 0.737 bits per heavy atom. The summed E-state index contributed by atoms with van der Waals surface area (Å²) in [6.45, 7) is 2.26. The van der Waals surface area contributed by atoms with Gasteiger partial charge in [-0.15, -0.1) is 0 Å². The van der Waals surface area contributed by atoms with Crippen LogP contribution in [0.1, 0.15) is 96.8 Å². The average Bonchev–Trinajstić information content (AvgIpc) is 2.43. The Balaban J connectivity index is 2.97. The van der Waals surface area contributed by atoms with Gasteiger partial charge in [0.1, 0.15) is 0 Å². The predicted octanol–water partition coefficient (Wildman–Crippen LogP) is 5.48. The van der Waals surface area contributed by atoms with Crippen molar-refractivity contribution in [2.24, 2.45) is 0 Å². The first-order chi connectivity index (χ1) is 9.31. The Morgan fingerprint density at radius 2 is 1.11 bits per heavy atom. The van der Waals surface area contributed by atoms with Crippen LogP contribution in [0.2, 0.25) is 0 Å². The molecule has 1 N–H and O–H groups in total. The quantitative estimate of drug-likeness (QED) is 0.258. The first-order valence-electron chi connectivity index (χ1n) is 8.15. The molecular weight excluding hydrogens is 240 g/mol. The van der Waals surface area contributed by atoms with Gasteiger partial charge < -0.3 is 4.89 Å². The van der Waals surface area contributed by atoms with Gasteiger partial charge in [-0.3, -0.25) is 0 Å². The van der Waals surface area contributed by atoms with Crippen molar-refractivity contribution in [2.45, 2.75) is 96.8 Å². The fourth-order valence-electron chi connectivity index (χ4n) is 2.33. The summed E-state index contributed by atoms with van der Waals surface area (Å²) in [5, 5.41) is 8.08. The van der Waals surface area contributed by atoms with Gasteiger partial charge in [-0.05, 0) is 6.42 Å². The topological polar surface area (TPSA) is 46.5 Å². The van der Waals surface area contributed by atoms with Crippen molar-refractivity contribution in [2.75, 3.05) is 0 Å². The summed E-state index contributed by atoms with van der Waals surface area (Å²) in [5.41, 5.74) is 0. The molecule has 0 fully saturated rings. The number of unbranched alkanes of at least 4 members (excludes halogenated alkanes) is 12. The SMILES string of the molecule is CCCCCCCCCCCCCCCC(=O)OO. The molecule has 0 aliphatic rings. The van der Waals surface area contributed by atoms with Crippen molar-refractivity contribution in [1.82, 2.24) is 0 Å². The molecule has 0 saturated carbocycles. The van der Waals surface area contributed by atoms with Gasteiger partial charge in [-0.1, -0.05) is 84.0 Å². The summed E-state index contributed by atoms with van der Waals surface area (Å²) in [6, 6.07) is 0. The van der Waals surface area contributed by atoms with Gasteiger partial charge in [-0.25, -0.2) is 4.79 Å². The monoisotopic (exact) mass is 272 g/mol. The van der Waals surface area contributed by atoms with E-state index < -0.39 is 5.97 Å². The van der Waals surface area contributed by atoms with Crippen LogP contribution in [0, 0.1) is 0 Å². The van der Waals surface area contributed by atoms with E-state index >= 15 is 0 Å². The van der Waals surface area contributed by atoms with E-state index in [4.69, 9.17) is 5.26 Å². The van der Waals surface area contributed by atoms with Crippen molar-refractivity contribution in [3.05, 3.63) is 0 Å². The number of carbonyl (C=O) groups is 1. The molecule has 0 amide bonds. The number of hydrogen-bond donors (Lipinski definition) is 1. The molecule has 0 aromatic rings. The predicted molar refractivity (Wildman–Crippen MR) is 79.0 cm³/mol. The van der Waals surface area contributed by atoms with E-state index in [1.165, 1.54) is 70.6 Å². The smallest absolute Gasteiger partial charge is 0.301 e. The molecule has 0 saturated heterocycles. The van der Waals surface area contributed by atoms with Gasteiger partial charge in [0.15, 0.2) is 0 Å². The summed E-state index contributed by atoms with van der Waals surface area (Å²) in [5.74, 6) is -0.511. The van der Waals surface area contributed by atoms with Crippen LogP contribution >= 0.6 is 0 Å². The van der Waals surface area contributed by atoms with Crippen molar-refractivity contribution >= 4 is 5.97 Å². The molecule has 114 valence electrons. The maximum Gasteiger partial charge on any atom is 0.342 e. The highest BCUT2D eigenvalue weighted by atomic mass is 17.1. The summed E-state index contributed by atoms with van der Waals surface area (Å²) in [7, 11) is 0. The molecule has 3 nitrogen and oxygen atoms in total. The molecule has 0 aromatic heterocycles. The minimum absolute atomic E-state index is 0.342. The Labute approximate surface area is 118 Å². The van der Waals surface area contributed by atoms with Crippen LogP contribution in [0.25, 0.3) is 0 Å². The summed E-state index contributed by atoms with van der Waals surface area (Å²) >= 11 is 0. The van der Waals surface area contributed by atoms with E-state index in [-0.39, 0.29) is 0 Å². The molecule has 0 aliphatic carbocycles. The third kappa shape index (κ3) is 15.4. The summed E-state index contributed by atoms with van der Waals surface area (Å²) in [4.78, 5) is 14.3. The van der Waals surface area contributed by atoms with E-state index in [9.17, 15) is 4.79 Å². The molecule has 0 atom stereocenters. The number of rotatable bonds is 14. The van der Waals surface area contributed by atoms with Gasteiger partial charge >= 0.3 is 5.97 Å².